The average molecular weight is 252 g/mol. The first-order valence-electron chi connectivity index (χ1n) is 6.92. The van der Waals surface area contributed by atoms with Crippen LogP contribution in [0.5, 0.6) is 0 Å². The smallest absolute Gasteiger partial charge is 0.227 e. The summed E-state index contributed by atoms with van der Waals surface area (Å²) < 4.78 is 5.01. The Balaban J connectivity index is 1.59. The Kier molecular flexibility index (Phi) is 5.13. The Morgan fingerprint density at radius 2 is 2.44 bits per heavy atom. The van der Waals surface area contributed by atoms with E-state index in [-0.39, 0.29) is 0 Å². The van der Waals surface area contributed by atoms with Gasteiger partial charge in [0.05, 0.1) is 0 Å². The van der Waals surface area contributed by atoms with Gasteiger partial charge in [-0.2, -0.15) is 4.98 Å². The summed E-state index contributed by atoms with van der Waals surface area (Å²) in [6.45, 7) is 10.2. The van der Waals surface area contributed by atoms with E-state index < -0.39 is 0 Å². The molecule has 5 heteroatoms. The normalized spacial score (nSPS) is 20.9. The largest absolute Gasteiger partial charge is 0.340 e. The first kappa shape index (κ1) is 13.5. The molecule has 5 nitrogen and oxygen atoms in total. The van der Waals surface area contributed by atoms with Crippen LogP contribution < -0.4 is 5.32 Å². The fourth-order valence-electron chi connectivity index (χ4n) is 2.42. The van der Waals surface area contributed by atoms with E-state index in [9.17, 15) is 0 Å². The molecule has 0 spiro atoms. The summed E-state index contributed by atoms with van der Waals surface area (Å²) in [4.78, 5) is 6.54. The molecule has 1 unspecified atom stereocenters. The highest BCUT2D eigenvalue weighted by atomic mass is 16.5. The van der Waals surface area contributed by atoms with Crippen LogP contribution in [0, 0.1) is 11.8 Å². The van der Waals surface area contributed by atoms with Crippen molar-refractivity contribution in [3.05, 3.63) is 12.2 Å². The summed E-state index contributed by atoms with van der Waals surface area (Å²) in [5.74, 6) is 2.28. The van der Waals surface area contributed by atoms with Gasteiger partial charge < -0.3 is 14.7 Å². The number of hydrogen-bond acceptors (Lipinski definition) is 5. The molecular weight excluding hydrogens is 228 g/mol. The first-order chi connectivity index (χ1) is 8.74. The lowest BCUT2D eigenvalue weighted by Gasteiger charge is -2.15. The van der Waals surface area contributed by atoms with E-state index in [0.29, 0.717) is 0 Å². The SMILES string of the molecule is CC(C)CNCC1CCN(CCc2ncno2)C1. The van der Waals surface area contributed by atoms with Gasteiger partial charge in [-0.05, 0) is 37.9 Å². The third-order valence-corrected chi connectivity index (χ3v) is 3.40. The number of likely N-dealkylation sites (tertiary alicyclic amines) is 1. The van der Waals surface area contributed by atoms with E-state index in [1.807, 2.05) is 0 Å². The Bertz CT molecular complexity index is 326. The molecule has 0 aromatic carbocycles. The zero-order valence-corrected chi connectivity index (χ0v) is 11.4. The Morgan fingerprint density at radius 1 is 1.56 bits per heavy atom. The van der Waals surface area contributed by atoms with Gasteiger partial charge in [-0.3, -0.25) is 0 Å². The summed E-state index contributed by atoms with van der Waals surface area (Å²) in [7, 11) is 0. The fourth-order valence-corrected chi connectivity index (χ4v) is 2.42. The van der Waals surface area contributed by atoms with Crippen LogP contribution in [0.25, 0.3) is 0 Å². The van der Waals surface area contributed by atoms with Gasteiger partial charge in [0, 0.05) is 19.5 Å². The van der Waals surface area contributed by atoms with Gasteiger partial charge in [0.2, 0.25) is 5.89 Å². The van der Waals surface area contributed by atoms with Crippen LogP contribution in [-0.4, -0.2) is 47.8 Å². The molecule has 2 rings (SSSR count). The van der Waals surface area contributed by atoms with Crippen molar-refractivity contribution in [3.63, 3.8) is 0 Å². The van der Waals surface area contributed by atoms with E-state index in [0.717, 1.165) is 43.8 Å². The molecule has 0 bridgehead atoms. The van der Waals surface area contributed by atoms with Crippen LogP contribution in [0.15, 0.2) is 10.9 Å². The van der Waals surface area contributed by atoms with E-state index in [1.54, 1.807) is 0 Å². The number of nitrogens with one attached hydrogen (secondary N) is 1. The molecule has 2 heterocycles. The van der Waals surface area contributed by atoms with Crippen molar-refractivity contribution in [3.8, 4) is 0 Å². The molecule has 0 saturated carbocycles. The molecule has 102 valence electrons. The molecule has 1 saturated heterocycles. The summed E-state index contributed by atoms with van der Waals surface area (Å²) in [6, 6.07) is 0. The lowest BCUT2D eigenvalue weighted by molar-refractivity contribution is 0.300. The van der Waals surface area contributed by atoms with Gasteiger partial charge in [0.15, 0.2) is 6.33 Å². The van der Waals surface area contributed by atoms with Crippen molar-refractivity contribution in [1.82, 2.24) is 20.4 Å². The summed E-state index contributed by atoms with van der Waals surface area (Å²) >= 11 is 0. The van der Waals surface area contributed by atoms with Gasteiger partial charge in [-0.1, -0.05) is 19.0 Å². The van der Waals surface area contributed by atoms with Gasteiger partial charge in [-0.15, -0.1) is 0 Å². The number of hydrogen-bond donors (Lipinski definition) is 1. The summed E-state index contributed by atoms with van der Waals surface area (Å²) in [5, 5.41) is 7.17. The van der Waals surface area contributed by atoms with Crippen molar-refractivity contribution >= 4 is 0 Å². The van der Waals surface area contributed by atoms with Gasteiger partial charge >= 0.3 is 0 Å². The predicted molar refractivity (Wildman–Crippen MR) is 70.3 cm³/mol. The lowest BCUT2D eigenvalue weighted by Crippen LogP contribution is -2.29. The third kappa shape index (κ3) is 4.38. The van der Waals surface area contributed by atoms with Crippen molar-refractivity contribution in [2.75, 3.05) is 32.7 Å². The molecule has 0 aliphatic carbocycles. The van der Waals surface area contributed by atoms with Gasteiger partial charge in [0.1, 0.15) is 0 Å². The van der Waals surface area contributed by atoms with Crippen molar-refractivity contribution in [2.45, 2.75) is 26.7 Å². The van der Waals surface area contributed by atoms with E-state index in [1.165, 1.54) is 25.8 Å². The van der Waals surface area contributed by atoms with Crippen LogP contribution in [-0.2, 0) is 6.42 Å². The van der Waals surface area contributed by atoms with E-state index in [4.69, 9.17) is 4.52 Å². The number of rotatable bonds is 7. The first-order valence-corrected chi connectivity index (χ1v) is 6.92. The van der Waals surface area contributed by atoms with Gasteiger partial charge in [-0.25, -0.2) is 0 Å². The molecule has 0 radical (unpaired) electrons. The van der Waals surface area contributed by atoms with Crippen molar-refractivity contribution in [1.29, 1.82) is 0 Å². The summed E-state index contributed by atoms with van der Waals surface area (Å²) in [6.07, 6.45) is 3.64. The molecule has 0 amide bonds. The minimum Gasteiger partial charge on any atom is -0.340 e. The molecule has 1 fully saturated rings. The number of aromatic nitrogens is 2. The molecule has 1 aliphatic rings. The number of nitrogens with zero attached hydrogens (tertiary/aromatic N) is 3. The molecule has 1 aliphatic heterocycles. The maximum atomic E-state index is 5.01. The Hall–Kier alpha value is -0.940. The average Bonchev–Trinajstić information content (AvgIpc) is 2.96. The second-order valence-electron chi connectivity index (χ2n) is 5.59. The minimum atomic E-state index is 0.736. The highest BCUT2D eigenvalue weighted by molar-refractivity contribution is 4.81. The maximum absolute atomic E-state index is 5.01. The molecule has 18 heavy (non-hydrogen) atoms. The van der Waals surface area contributed by atoms with Crippen LogP contribution in [0.1, 0.15) is 26.2 Å². The quantitative estimate of drug-likeness (QED) is 0.789. The van der Waals surface area contributed by atoms with Crippen molar-refractivity contribution < 1.29 is 4.52 Å². The molecule has 1 aromatic rings. The second-order valence-corrected chi connectivity index (χ2v) is 5.59. The van der Waals surface area contributed by atoms with Crippen LogP contribution in [0.2, 0.25) is 0 Å². The van der Waals surface area contributed by atoms with Crippen LogP contribution >= 0.6 is 0 Å². The Morgan fingerprint density at radius 3 is 3.17 bits per heavy atom. The van der Waals surface area contributed by atoms with E-state index in [2.05, 4.69) is 34.2 Å². The lowest BCUT2D eigenvalue weighted by atomic mass is 10.1. The highest BCUT2D eigenvalue weighted by Gasteiger charge is 2.22. The standard InChI is InChI=1S/C13H24N4O/c1-11(2)7-14-8-12-3-5-17(9-12)6-4-13-15-10-16-18-13/h10-12,14H,3-9H2,1-2H3. The predicted octanol–water partition coefficient (Wildman–Crippen LogP) is 1.18. The monoisotopic (exact) mass is 252 g/mol. The Labute approximate surface area is 109 Å². The second kappa shape index (κ2) is 6.85. The minimum absolute atomic E-state index is 0.736. The zero-order chi connectivity index (χ0) is 12.8. The highest BCUT2D eigenvalue weighted by Crippen LogP contribution is 2.15. The summed E-state index contributed by atoms with van der Waals surface area (Å²) in [5.41, 5.74) is 0. The molecule has 1 aromatic heterocycles. The topological polar surface area (TPSA) is 54.2 Å². The van der Waals surface area contributed by atoms with Gasteiger partial charge in [0.25, 0.3) is 0 Å². The zero-order valence-electron chi connectivity index (χ0n) is 11.4. The maximum Gasteiger partial charge on any atom is 0.227 e. The van der Waals surface area contributed by atoms with Crippen LogP contribution in [0.3, 0.4) is 0 Å². The molecule has 1 N–H and O–H groups in total. The molecule has 1 atom stereocenters. The van der Waals surface area contributed by atoms with Crippen molar-refractivity contribution in [2.24, 2.45) is 11.8 Å². The van der Waals surface area contributed by atoms with Crippen LogP contribution in [0.4, 0.5) is 0 Å². The fraction of sp³-hybridized carbons (Fsp3) is 0.846. The third-order valence-electron chi connectivity index (χ3n) is 3.40. The van der Waals surface area contributed by atoms with E-state index >= 15 is 0 Å². The molecular formula is C13H24N4O.